The van der Waals surface area contributed by atoms with Gasteiger partial charge < -0.3 is 4.74 Å². The van der Waals surface area contributed by atoms with Crippen molar-refractivity contribution in [2.75, 3.05) is 6.61 Å². The molecule has 3 nitrogen and oxygen atoms in total. The SMILES string of the molecule is CCOC(=O)C(F)(F)c1cccc(C)n1. The second-order valence-corrected chi connectivity index (χ2v) is 2.96. The third-order valence-corrected chi connectivity index (χ3v) is 1.74. The summed E-state index contributed by atoms with van der Waals surface area (Å²) in [7, 11) is 0. The van der Waals surface area contributed by atoms with Gasteiger partial charge in [0.2, 0.25) is 0 Å². The molecule has 5 heteroatoms. The number of aromatic nitrogens is 1. The van der Waals surface area contributed by atoms with Crippen molar-refractivity contribution in [3.05, 3.63) is 29.6 Å². The largest absolute Gasteiger partial charge is 0.461 e. The Morgan fingerprint density at radius 3 is 2.73 bits per heavy atom. The van der Waals surface area contributed by atoms with Crippen molar-refractivity contribution in [1.82, 2.24) is 4.98 Å². The molecule has 0 atom stereocenters. The molecule has 15 heavy (non-hydrogen) atoms. The van der Waals surface area contributed by atoms with E-state index in [1.165, 1.54) is 13.0 Å². The average molecular weight is 215 g/mol. The summed E-state index contributed by atoms with van der Waals surface area (Å²) in [5.41, 5.74) is -0.155. The summed E-state index contributed by atoms with van der Waals surface area (Å²) >= 11 is 0. The van der Waals surface area contributed by atoms with Crippen LogP contribution in [-0.2, 0) is 15.5 Å². The van der Waals surface area contributed by atoms with Gasteiger partial charge in [-0.15, -0.1) is 0 Å². The Morgan fingerprint density at radius 1 is 1.53 bits per heavy atom. The number of carbonyl (C=O) groups excluding carboxylic acids is 1. The first-order valence-electron chi connectivity index (χ1n) is 4.47. The van der Waals surface area contributed by atoms with Crippen LogP contribution in [0.3, 0.4) is 0 Å². The van der Waals surface area contributed by atoms with Gasteiger partial charge in [0, 0.05) is 5.69 Å². The van der Waals surface area contributed by atoms with Gasteiger partial charge in [0.1, 0.15) is 5.69 Å². The number of rotatable bonds is 3. The Labute approximate surface area is 86.1 Å². The minimum absolute atomic E-state index is 0.0831. The molecule has 0 fully saturated rings. The van der Waals surface area contributed by atoms with Crippen LogP contribution < -0.4 is 0 Å². The Hall–Kier alpha value is -1.52. The van der Waals surface area contributed by atoms with E-state index >= 15 is 0 Å². The van der Waals surface area contributed by atoms with Gasteiger partial charge in [0.25, 0.3) is 0 Å². The predicted molar refractivity (Wildman–Crippen MR) is 49.5 cm³/mol. The third-order valence-electron chi connectivity index (χ3n) is 1.74. The standard InChI is InChI=1S/C10H11F2NO2/c1-3-15-9(14)10(11,12)8-6-4-5-7(2)13-8/h4-6H,3H2,1-2H3. The van der Waals surface area contributed by atoms with Gasteiger partial charge in [-0.25, -0.2) is 4.79 Å². The van der Waals surface area contributed by atoms with E-state index in [-0.39, 0.29) is 6.61 Å². The molecule has 0 aliphatic rings. The summed E-state index contributed by atoms with van der Waals surface area (Å²) in [6.45, 7) is 2.96. The molecule has 1 aromatic heterocycles. The van der Waals surface area contributed by atoms with E-state index in [0.717, 1.165) is 6.07 Å². The van der Waals surface area contributed by atoms with E-state index in [1.54, 1.807) is 13.0 Å². The molecule has 0 amide bonds. The van der Waals surface area contributed by atoms with Crippen molar-refractivity contribution in [2.24, 2.45) is 0 Å². The molecular formula is C10H11F2NO2. The molecule has 0 aliphatic heterocycles. The lowest BCUT2D eigenvalue weighted by Gasteiger charge is -2.13. The summed E-state index contributed by atoms with van der Waals surface area (Å²) in [4.78, 5) is 14.6. The molecule has 0 radical (unpaired) electrons. The van der Waals surface area contributed by atoms with Gasteiger partial charge in [-0.05, 0) is 26.0 Å². The number of ether oxygens (including phenoxy) is 1. The number of hydrogen-bond acceptors (Lipinski definition) is 3. The first-order chi connectivity index (χ1) is 6.98. The Morgan fingerprint density at radius 2 is 2.20 bits per heavy atom. The molecule has 0 aliphatic carbocycles. The quantitative estimate of drug-likeness (QED) is 0.724. The van der Waals surface area contributed by atoms with Crippen molar-refractivity contribution < 1.29 is 18.3 Å². The van der Waals surface area contributed by atoms with Crippen LogP contribution in [0, 0.1) is 6.92 Å². The number of halogens is 2. The minimum Gasteiger partial charge on any atom is -0.461 e. The van der Waals surface area contributed by atoms with Gasteiger partial charge in [-0.2, -0.15) is 8.78 Å². The molecule has 1 heterocycles. The highest BCUT2D eigenvalue weighted by atomic mass is 19.3. The number of carbonyl (C=O) groups is 1. The van der Waals surface area contributed by atoms with E-state index in [0.29, 0.717) is 5.69 Å². The normalized spacial score (nSPS) is 11.2. The van der Waals surface area contributed by atoms with Crippen LogP contribution in [0.1, 0.15) is 18.3 Å². The molecule has 0 bridgehead atoms. The molecule has 0 N–H and O–H groups in total. The lowest BCUT2D eigenvalue weighted by Crippen LogP contribution is -2.29. The number of nitrogens with zero attached hydrogens (tertiary/aromatic N) is 1. The van der Waals surface area contributed by atoms with Gasteiger partial charge >= 0.3 is 11.9 Å². The van der Waals surface area contributed by atoms with Crippen molar-refractivity contribution >= 4 is 5.97 Å². The second kappa shape index (κ2) is 4.33. The van der Waals surface area contributed by atoms with Crippen LogP contribution in [-0.4, -0.2) is 17.6 Å². The number of alkyl halides is 2. The molecule has 0 saturated carbocycles. The zero-order valence-corrected chi connectivity index (χ0v) is 8.46. The molecule has 0 spiro atoms. The Kier molecular flexibility index (Phi) is 3.34. The summed E-state index contributed by atoms with van der Waals surface area (Å²) < 4.78 is 31.0. The Balaban J connectivity index is 2.99. The summed E-state index contributed by atoms with van der Waals surface area (Å²) in [6, 6.07) is 4.10. The zero-order valence-electron chi connectivity index (χ0n) is 8.46. The van der Waals surface area contributed by atoms with Gasteiger partial charge in [0.15, 0.2) is 0 Å². The van der Waals surface area contributed by atoms with Crippen molar-refractivity contribution in [3.63, 3.8) is 0 Å². The second-order valence-electron chi connectivity index (χ2n) is 2.96. The number of esters is 1. The first kappa shape index (κ1) is 11.6. The Bertz CT molecular complexity index is 366. The summed E-state index contributed by atoms with van der Waals surface area (Å²) in [6.07, 6.45) is 0. The van der Waals surface area contributed by atoms with Gasteiger partial charge in [0.05, 0.1) is 6.61 Å². The fourth-order valence-corrected chi connectivity index (χ4v) is 1.04. The molecule has 82 valence electrons. The highest BCUT2D eigenvalue weighted by Gasteiger charge is 2.44. The van der Waals surface area contributed by atoms with Crippen LogP contribution >= 0.6 is 0 Å². The number of aryl methyl sites for hydroxylation is 1. The monoisotopic (exact) mass is 215 g/mol. The first-order valence-corrected chi connectivity index (χ1v) is 4.47. The number of pyridine rings is 1. The highest BCUT2D eigenvalue weighted by molar-refractivity contribution is 5.78. The zero-order chi connectivity index (χ0) is 11.5. The smallest absolute Gasteiger partial charge is 0.384 e. The van der Waals surface area contributed by atoms with Crippen LogP contribution in [0.2, 0.25) is 0 Å². The third kappa shape index (κ3) is 2.49. The van der Waals surface area contributed by atoms with Gasteiger partial charge in [-0.3, -0.25) is 4.98 Å². The maximum atomic E-state index is 13.4. The summed E-state index contributed by atoms with van der Waals surface area (Å²) in [5, 5.41) is 0. The minimum atomic E-state index is -3.68. The van der Waals surface area contributed by atoms with Crippen molar-refractivity contribution in [3.8, 4) is 0 Å². The molecule has 0 aromatic carbocycles. The van der Waals surface area contributed by atoms with Crippen LogP contribution in [0.4, 0.5) is 8.78 Å². The van der Waals surface area contributed by atoms with E-state index < -0.39 is 17.6 Å². The predicted octanol–water partition coefficient (Wildman–Crippen LogP) is 2.04. The maximum absolute atomic E-state index is 13.4. The summed E-state index contributed by atoms with van der Waals surface area (Å²) in [5.74, 6) is -5.25. The van der Waals surface area contributed by atoms with E-state index in [4.69, 9.17) is 0 Å². The fourth-order valence-electron chi connectivity index (χ4n) is 1.04. The highest BCUT2D eigenvalue weighted by Crippen LogP contribution is 2.27. The lowest BCUT2D eigenvalue weighted by atomic mass is 10.2. The average Bonchev–Trinajstić information content (AvgIpc) is 2.18. The van der Waals surface area contributed by atoms with Crippen LogP contribution in [0.15, 0.2) is 18.2 Å². The van der Waals surface area contributed by atoms with Crippen molar-refractivity contribution in [1.29, 1.82) is 0 Å². The topological polar surface area (TPSA) is 39.2 Å². The van der Waals surface area contributed by atoms with E-state index in [1.807, 2.05) is 0 Å². The van der Waals surface area contributed by atoms with E-state index in [2.05, 4.69) is 9.72 Å². The fraction of sp³-hybridized carbons (Fsp3) is 0.400. The maximum Gasteiger partial charge on any atom is 0.384 e. The van der Waals surface area contributed by atoms with Crippen LogP contribution in [0.5, 0.6) is 0 Å². The van der Waals surface area contributed by atoms with Gasteiger partial charge in [-0.1, -0.05) is 6.07 Å². The molecule has 0 saturated heterocycles. The van der Waals surface area contributed by atoms with E-state index in [9.17, 15) is 13.6 Å². The lowest BCUT2D eigenvalue weighted by molar-refractivity contribution is -0.173. The number of hydrogen-bond donors (Lipinski definition) is 0. The van der Waals surface area contributed by atoms with Crippen molar-refractivity contribution in [2.45, 2.75) is 19.8 Å². The molecular weight excluding hydrogens is 204 g/mol. The van der Waals surface area contributed by atoms with Crippen LogP contribution in [0.25, 0.3) is 0 Å². The molecule has 1 rings (SSSR count). The molecule has 0 unspecified atom stereocenters. The molecule has 1 aromatic rings.